The van der Waals surface area contributed by atoms with Crippen LogP contribution in [0.5, 0.6) is 5.75 Å². The van der Waals surface area contributed by atoms with Crippen LogP contribution in [0.3, 0.4) is 0 Å². The van der Waals surface area contributed by atoms with Crippen molar-refractivity contribution in [1.82, 2.24) is 5.32 Å². The second-order valence-electron chi connectivity index (χ2n) is 9.05. The number of benzene rings is 1. The number of unbranched alkanes of at least 4 members (excludes halogenated alkanes) is 2. The Bertz CT molecular complexity index is 894. The molecule has 1 N–H and O–H groups in total. The van der Waals surface area contributed by atoms with Crippen molar-refractivity contribution in [3.8, 4) is 5.75 Å². The Kier molecular flexibility index (Phi) is 6.69. The van der Waals surface area contributed by atoms with E-state index in [1.807, 2.05) is 31.2 Å². The fourth-order valence-electron chi connectivity index (χ4n) is 4.46. The largest absolute Gasteiger partial charge is 0.497 e. The molecule has 0 radical (unpaired) electrons. The van der Waals surface area contributed by atoms with E-state index in [-0.39, 0.29) is 17.2 Å². The molecule has 0 spiro atoms. The van der Waals surface area contributed by atoms with Crippen LogP contribution < -0.4 is 10.1 Å². The molecule has 30 heavy (non-hydrogen) atoms. The maximum absolute atomic E-state index is 13.3. The number of Topliss-reactive ketones (excluding diaryl/α,β-unsaturated/α-hetero) is 1. The number of hydrogen-bond acceptors (Lipinski definition) is 5. The predicted octanol–water partition coefficient (Wildman–Crippen LogP) is 5.03. The summed E-state index contributed by atoms with van der Waals surface area (Å²) in [5.41, 5.74) is 3.65. The van der Waals surface area contributed by atoms with Crippen LogP contribution in [0.4, 0.5) is 0 Å². The number of dihydropyridines is 1. The standard InChI is InChI=1S/C25H33NO4/c1-6-7-8-12-30-24(28)21-16(2)26-19-14-25(3,4)15-20(27)23(19)22(21)17-10-9-11-18(13-17)29-5/h9-11,13,22,26H,6-8,12,14-15H2,1-5H3/t22-/m1/s1. The minimum Gasteiger partial charge on any atom is -0.497 e. The number of rotatable bonds is 7. The van der Waals surface area contributed by atoms with E-state index in [2.05, 4.69) is 26.1 Å². The Labute approximate surface area is 179 Å². The first kappa shape index (κ1) is 22.1. The number of methoxy groups -OCH3 is 1. The molecule has 5 nitrogen and oxygen atoms in total. The van der Waals surface area contributed by atoms with E-state index in [9.17, 15) is 9.59 Å². The molecule has 1 aromatic carbocycles. The molecule has 0 amide bonds. The van der Waals surface area contributed by atoms with E-state index in [1.165, 1.54) is 0 Å². The van der Waals surface area contributed by atoms with Crippen LogP contribution in [-0.4, -0.2) is 25.5 Å². The van der Waals surface area contributed by atoms with Crippen molar-refractivity contribution < 1.29 is 19.1 Å². The van der Waals surface area contributed by atoms with E-state index in [4.69, 9.17) is 9.47 Å². The van der Waals surface area contributed by atoms with Crippen LogP contribution in [0.15, 0.2) is 46.8 Å². The van der Waals surface area contributed by atoms with Gasteiger partial charge in [-0.1, -0.05) is 45.7 Å². The van der Waals surface area contributed by atoms with Gasteiger partial charge in [-0.15, -0.1) is 0 Å². The van der Waals surface area contributed by atoms with E-state index in [0.717, 1.165) is 42.6 Å². The van der Waals surface area contributed by atoms with Gasteiger partial charge in [0.15, 0.2) is 5.78 Å². The molecular formula is C25H33NO4. The fraction of sp³-hybridized carbons (Fsp3) is 0.520. The first-order chi connectivity index (χ1) is 14.3. The average molecular weight is 412 g/mol. The maximum atomic E-state index is 13.3. The molecule has 1 heterocycles. The summed E-state index contributed by atoms with van der Waals surface area (Å²) in [6.45, 7) is 8.61. The first-order valence-corrected chi connectivity index (χ1v) is 10.8. The van der Waals surface area contributed by atoms with Gasteiger partial charge in [-0.05, 0) is 42.9 Å². The monoisotopic (exact) mass is 411 g/mol. The first-order valence-electron chi connectivity index (χ1n) is 10.8. The van der Waals surface area contributed by atoms with Gasteiger partial charge in [0.2, 0.25) is 0 Å². The van der Waals surface area contributed by atoms with Crippen molar-refractivity contribution in [2.45, 2.75) is 65.7 Å². The third-order valence-corrected chi connectivity index (χ3v) is 5.87. The number of esters is 1. The van der Waals surface area contributed by atoms with Gasteiger partial charge in [0.05, 0.1) is 19.3 Å². The number of hydrogen-bond donors (Lipinski definition) is 1. The molecule has 1 aliphatic heterocycles. The third kappa shape index (κ3) is 4.61. The SMILES string of the molecule is CCCCCOC(=O)C1=C(C)NC2=C(C(=O)CC(C)(C)C2)[C@@H]1c1cccc(OC)c1. The van der Waals surface area contributed by atoms with Crippen molar-refractivity contribution in [2.75, 3.05) is 13.7 Å². The molecule has 2 aliphatic rings. The molecule has 0 bridgehead atoms. The van der Waals surface area contributed by atoms with Crippen LogP contribution in [0.2, 0.25) is 0 Å². The molecule has 1 aromatic rings. The highest BCUT2D eigenvalue weighted by molar-refractivity contribution is 6.04. The molecule has 0 aromatic heterocycles. The van der Waals surface area contributed by atoms with Gasteiger partial charge in [0.1, 0.15) is 5.75 Å². The molecule has 3 rings (SSSR count). The van der Waals surface area contributed by atoms with Crippen LogP contribution in [0.25, 0.3) is 0 Å². The molecule has 0 fully saturated rings. The summed E-state index contributed by atoms with van der Waals surface area (Å²) in [5, 5.41) is 3.37. The summed E-state index contributed by atoms with van der Waals surface area (Å²) in [5.74, 6) is -0.0119. The van der Waals surface area contributed by atoms with Crippen molar-refractivity contribution in [2.24, 2.45) is 5.41 Å². The highest BCUT2D eigenvalue weighted by Crippen LogP contribution is 2.47. The summed E-state index contributed by atoms with van der Waals surface area (Å²) in [4.78, 5) is 26.4. The lowest BCUT2D eigenvalue weighted by molar-refractivity contribution is -0.139. The normalized spacial score (nSPS) is 20.6. The summed E-state index contributed by atoms with van der Waals surface area (Å²) in [6.07, 6.45) is 4.16. The molecule has 1 atom stereocenters. The van der Waals surface area contributed by atoms with Gasteiger partial charge in [-0.25, -0.2) is 4.79 Å². The highest BCUT2D eigenvalue weighted by atomic mass is 16.5. The van der Waals surface area contributed by atoms with Crippen LogP contribution in [0, 0.1) is 5.41 Å². The molecular weight excluding hydrogens is 378 g/mol. The van der Waals surface area contributed by atoms with Crippen molar-refractivity contribution in [1.29, 1.82) is 0 Å². The minimum atomic E-state index is -0.446. The average Bonchev–Trinajstić information content (AvgIpc) is 2.69. The van der Waals surface area contributed by atoms with Gasteiger partial charge in [0, 0.05) is 29.3 Å². The Morgan fingerprint density at radius 3 is 2.70 bits per heavy atom. The van der Waals surface area contributed by atoms with Crippen molar-refractivity contribution >= 4 is 11.8 Å². The van der Waals surface area contributed by atoms with Crippen LogP contribution in [-0.2, 0) is 14.3 Å². The number of carbonyl (C=O) groups is 2. The number of allylic oxidation sites excluding steroid dienone is 3. The van der Waals surface area contributed by atoms with E-state index < -0.39 is 5.92 Å². The summed E-state index contributed by atoms with van der Waals surface area (Å²) in [6, 6.07) is 7.62. The van der Waals surface area contributed by atoms with Gasteiger partial charge in [-0.3, -0.25) is 4.79 Å². The van der Waals surface area contributed by atoms with Gasteiger partial charge in [-0.2, -0.15) is 0 Å². The third-order valence-electron chi connectivity index (χ3n) is 5.87. The second-order valence-corrected chi connectivity index (χ2v) is 9.05. The minimum absolute atomic E-state index is 0.0883. The molecule has 0 saturated heterocycles. The fourth-order valence-corrected chi connectivity index (χ4v) is 4.46. The predicted molar refractivity (Wildman–Crippen MR) is 117 cm³/mol. The maximum Gasteiger partial charge on any atom is 0.336 e. The number of ether oxygens (including phenoxy) is 2. The lowest BCUT2D eigenvalue weighted by atomic mass is 9.68. The zero-order chi connectivity index (χ0) is 21.9. The lowest BCUT2D eigenvalue weighted by Crippen LogP contribution is -2.38. The zero-order valence-corrected chi connectivity index (χ0v) is 18.8. The molecule has 1 aliphatic carbocycles. The Hall–Kier alpha value is -2.56. The molecule has 0 saturated carbocycles. The zero-order valence-electron chi connectivity index (χ0n) is 18.8. The van der Waals surface area contributed by atoms with E-state index in [1.54, 1.807) is 7.11 Å². The van der Waals surface area contributed by atoms with Crippen LogP contribution >= 0.6 is 0 Å². The Morgan fingerprint density at radius 2 is 2.00 bits per heavy atom. The summed E-state index contributed by atoms with van der Waals surface area (Å²) < 4.78 is 11.0. The number of nitrogens with one attached hydrogen (secondary N) is 1. The molecule has 5 heteroatoms. The number of ketones is 1. The number of carbonyl (C=O) groups excluding carboxylic acids is 2. The van der Waals surface area contributed by atoms with Gasteiger partial charge in [0.25, 0.3) is 0 Å². The molecule has 0 unspecified atom stereocenters. The Balaban J connectivity index is 2.04. The molecule has 162 valence electrons. The topological polar surface area (TPSA) is 64.6 Å². The highest BCUT2D eigenvalue weighted by Gasteiger charge is 2.43. The smallest absolute Gasteiger partial charge is 0.336 e. The van der Waals surface area contributed by atoms with E-state index >= 15 is 0 Å². The lowest BCUT2D eigenvalue weighted by Gasteiger charge is -2.39. The Morgan fingerprint density at radius 1 is 1.23 bits per heavy atom. The van der Waals surface area contributed by atoms with Gasteiger partial charge >= 0.3 is 5.97 Å². The van der Waals surface area contributed by atoms with Crippen molar-refractivity contribution in [3.05, 3.63) is 52.4 Å². The van der Waals surface area contributed by atoms with Gasteiger partial charge < -0.3 is 14.8 Å². The second kappa shape index (κ2) is 9.07. The summed E-state index contributed by atoms with van der Waals surface area (Å²) in [7, 11) is 1.62. The quantitative estimate of drug-likeness (QED) is 0.503. The van der Waals surface area contributed by atoms with Crippen LogP contribution in [0.1, 0.15) is 71.3 Å². The van der Waals surface area contributed by atoms with Crippen molar-refractivity contribution in [3.63, 3.8) is 0 Å². The van der Waals surface area contributed by atoms with E-state index in [0.29, 0.717) is 29.9 Å². The summed E-state index contributed by atoms with van der Waals surface area (Å²) >= 11 is 0.